The van der Waals surface area contributed by atoms with Crippen molar-refractivity contribution >= 4 is 36.3 Å². The molecular weight excluding hydrogens is 368 g/mol. The fourth-order valence-corrected chi connectivity index (χ4v) is 3.01. The monoisotopic (exact) mass is 394 g/mol. The van der Waals surface area contributed by atoms with E-state index < -0.39 is 29.9 Å². The largest absolute Gasteiger partial charge is 0.370 e. The first-order valence-electron chi connectivity index (χ1n) is 8.98. The third-order valence-electron chi connectivity index (χ3n) is 4.25. The van der Waals surface area contributed by atoms with Crippen molar-refractivity contribution in [1.29, 1.82) is 5.41 Å². The van der Waals surface area contributed by atoms with Gasteiger partial charge in [-0.15, -0.1) is 0 Å². The van der Waals surface area contributed by atoms with Gasteiger partial charge in [0.25, 0.3) is 0 Å². The Kier molecular flexibility index (Phi) is 9.61. The van der Waals surface area contributed by atoms with Crippen LogP contribution in [0.25, 0.3) is 0 Å². The number of guanidine groups is 1. The number of nitrogens with zero attached hydrogens (tertiary/aromatic N) is 1. The van der Waals surface area contributed by atoms with E-state index in [0.717, 1.165) is 0 Å². The molecule has 11 nitrogen and oxygen atoms in total. The summed E-state index contributed by atoms with van der Waals surface area (Å²) in [6, 6.07) is -2.72. The standard InChI is InChI=1S/C17H26N6O5/c1-11(26)21-13(4-2-7-20-17(18)19)16(28)23-8-3-5-14(23)15(27)22-12(10-25)6-9-24/h12-14H,2-8H2,1H3,(H,21,26)(H,22,27)(H4,18,19,20). The van der Waals surface area contributed by atoms with Crippen LogP contribution in [-0.2, 0) is 24.0 Å². The molecule has 6 N–H and O–H groups in total. The zero-order valence-corrected chi connectivity index (χ0v) is 15.7. The van der Waals surface area contributed by atoms with Crippen LogP contribution in [0.3, 0.4) is 0 Å². The Morgan fingerprint density at radius 2 is 2.00 bits per heavy atom. The molecule has 0 spiro atoms. The minimum absolute atomic E-state index is 0.187. The quantitative estimate of drug-likeness (QED) is 0.151. The van der Waals surface area contributed by atoms with Crippen LogP contribution in [0.15, 0.2) is 0 Å². The molecule has 1 heterocycles. The fraction of sp³-hybridized carbons (Fsp3) is 0.647. The topological polar surface area (TPSA) is 175 Å². The number of amides is 3. The maximum absolute atomic E-state index is 12.9. The number of carbonyl (C=O) groups is 3. The van der Waals surface area contributed by atoms with Crippen LogP contribution in [0.1, 0.15) is 39.0 Å². The molecule has 1 aliphatic heterocycles. The molecular formula is C17H26N6O5. The lowest BCUT2D eigenvalue weighted by molar-refractivity contribution is -0.141. The second kappa shape index (κ2) is 11.7. The van der Waals surface area contributed by atoms with Crippen molar-refractivity contribution < 1.29 is 24.0 Å². The summed E-state index contributed by atoms with van der Waals surface area (Å²) in [5.74, 6) is -1.51. The SMILES string of the molecule is CC(=O)NC(CCCNC(=N)N)C(=O)N1CCCC1C(=O)NC([C]=O)C[C]=O. The van der Waals surface area contributed by atoms with Gasteiger partial charge < -0.3 is 26.6 Å². The highest BCUT2D eigenvalue weighted by atomic mass is 16.2. The molecule has 154 valence electrons. The van der Waals surface area contributed by atoms with Crippen LogP contribution in [0.4, 0.5) is 0 Å². The average Bonchev–Trinajstić information content (AvgIpc) is 3.12. The Morgan fingerprint density at radius 3 is 2.57 bits per heavy atom. The fourth-order valence-electron chi connectivity index (χ4n) is 3.01. The zero-order chi connectivity index (χ0) is 21.1. The van der Waals surface area contributed by atoms with Gasteiger partial charge in [-0.1, -0.05) is 0 Å². The highest BCUT2D eigenvalue weighted by Gasteiger charge is 2.37. The normalized spacial score (nSPS) is 17.9. The second-order valence-electron chi connectivity index (χ2n) is 6.45. The zero-order valence-electron chi connectivity index (χ0n) is 15.7. The maximum atomic E-state index is 12.9. The summed E-state index contributed by atoms with van der Waals surface area (Å²) in [5.41, 5.74) is 5.21. The van der Waals surface area contributed by atoms with Gasteiger partial charge in [0.15, 0.2) is 5.96 Å². The first-order valence-corrected chi connectivity index (χ1v) is 8.98. The summed E-state index contributed by atoms with van der Waals surface area (Å²) in [7, 11) is 0. The molecule has 0 aliphatic carbocycles. The van der Waals surface area contributed by atoms with Crippen molar-refractivity contribution in [2.24, 2.45) is 5.73 Å². The second-order valence-corrected chi connectivity index (χ2v) is 6.45. The van der Waals surface area contributed by atoms with E-state index in [1.165, 1.54) is 18.1 Å². The van der Waals surface area contributed by atoms with Crippen molar-refractivity contribution in [2.45, 2.75) is 57.2 Å². The maximum Gasteiger partial charge on any atom is 0.245 e. The Labute approximate surface area is 163 Å². The van der Waals surface area contributed by atoms with E-state index in [1.807, 2.05) is 0 Å². The molecule has 3 atom stereocenters. The number of hydrogen-bond donors (Lipinski definition) is 5. The Morgan fingerprint density at radius 1 is 1.29 bits per heavy atom. The lowest BCUT2D eigenvalue weighted by atomic mass is 10.1. The molecule has 1 saturated heterocycles. The van der Waals surface area contributed by atoms with Crippen LogP contribution in [0.2, 0.25) is 0 Å². The van der Waals surface area contributed by atoms with Crippen molar-refractivity contribution in [3.8, 4) is 0 Å². The van der Waals surface area contributed by atoms with Gasteiger partial charge in [-0.05, 0) is 25.7 Å². The van der Waals surface area contributed by atoms with Gasteiger partial charge in [0.05, 0.1) is 0 Å². The Hall–Kier alpha value is -2.98. The molecule has 3 unspecified atom stereocenters. The highest BCUT2D eigenvalue weighted by Crippen LogP contribution is 2.20. The third kappa shape index (κ3) is 7.33. The third-order valence-corrected chi connectivity index (χ3v) is 4.25. The first kappa shape index (κ1) is 23.1. The first-order chi connectivity index (χ1) is 13.3. The number of likely N-dealkylation sites (tertiary alicyclic amines) is 1. The highest BCUT2D eigenvalue weighted by molar-refractivity contribution is 5.93. The molecule has 2 radical (unpaired) electrons. The predicted molar refractivity (Wildman–Crippen MR) is 99.4 cm³/mol. The van der Waals surface area contributed by atoms with Gasteiger partial charge in [-0.3, -0.25) is 29.4 Å². The molecule has 11 heteroatoms. The van der Waals surface area contributed by atoms with E-state index in [0.29, 0.717) is 38.8 Å². The molecule has 0 aromatic rings. The van der Waals surface area contributed by atoms with Crippen LogP contribution >= 0.6 is 0 Å². The lowest BCUT2D eigenvalue weighted by Crippen LogP contribution is -2.54. The average molecular weight is 394 g/mol. The van der Waals surface area contributed by atoms with Gasteiger partial charge in [-0.2, -0.15) is 0 Å². The summed E-state index contributed by atoms with van der Waals surface area (Å²) in [4.78, 5) is 59.4. The summed E-state index contributed by atoms with van der Waals surface area (Å²) in [5, 5.41) is 14.7. The Bertz CT molecular complexity index is 611. The molecule has 0 bridgehead atoms. The van der Waals surface area contributed by atoms with Crippen molar-refractivity contribution in [3.63, 3.8) is 0 Å². The molecule has 0 aromatic heterocycles. The van der Waals surface area contributed by atoms with Crippen molar-refractivity contribution in [3.05, 3.63) is 0 Å². The minimum atomic E-state index is -1.11. The van der Waals surface area contributed by atoms with Gasteiger partial charge in [-0.25, -0.2) is 0 Å². The van der Waals surface area contributed by atoms with Crippen LogP contribution in [0.5, 0.6) is 0 Å². The number of nitrogens with one attached hydrogen (secondary N) is 4. The van der Waals surface area contributed by atoms with Crippen molar-refractivity contribution in [1.82, 2.24) is 20.9 Å². The van der Waals surface area contributed by atoms with Gasteiger partial charge >= 0.3 is 0 Å². The molecule has 0 saturated carbocycles. The van der Waals surface area contributed by atoms with E-state index >= 15 is 0 Å². The van der Waals surface area contributed by atoms with Gasteiger partial charge in [0.1, 0.15) is 18.1 Å². The minimum Gasteiger partial charge on any atom is -0.370 e. The van der Waals surface area contributed by atoms with Crippen LogP contribution < -0.4 is 21.7 Å². The number of rotatable bonds is 11. The van der Waals surface area contributed by atoms with E-state index in [9.17, 15) is 24.0 Å². The number of nitrogens with two attached hydrogens (primary N) is 1. The van der Waals surface area contributed by atoms with Crippen LogP contribution in [-0.4, -0.2) is 72.4 Å². The smallest absolute Gasteiger partial charge is 0.245 e. The van der Waals surface area contributed by atoms with E-state index in [-0.39, 0.29) is 18.3 Å². The molecule has 28 heavy (non-hydrogen) atoms. The summed E-state index contributed by atoms with van der Waals surface area (Å²) in [6.45, 7) is 2.00. The predicted octanol–water partition coefficient (Wildman–Crippen LogP) is -2.16. The van der Waals surface area contributed by atoms with E-state index in [1.54, 1.807) is 6.29 Å². The van der Waals surface area contributed by atoms with E-state index in [2.05, 4.69) is 16.0 Å². The molecule has 3 amide bonds. The number of carbonyl (C=O) groups excluding carboxylic acids is 5. The summed E-state index contributed by atoms with van der Waals surface area (Å²) >= 11 is 0. The van der Waals surface area contributed by atoms with Gasteiger partial charge in [0, 0.05) is 26.4 Å². The lowest BCUT2D eigenvalue weighted by Gasteiger charge is -2.29. The molecule has 1 aliphatic rings. The molecule has 0 aromatic carbocycles. The Balaban J connectivity index is 2.77. The number of hydrogen-bond acceptors (Lipinski definition) is 6. The molecule has 1 fully saturated rings. The van der Waals surface area contributed by atoms with Gasteiger partial charge in [0.2, 0.25) is 30.3 Å². The summed E-state index contributed by atoms with van der Waals surface area (Å²) < 4.78 is 0. The molecule has 1 rings (SSSR count). The van der Waals surface area contributed by atoms with Crippen molar-refractivity contribution in [2.75, 3.05) is 13.1 Å². The summed E-state index contributed by atoms with van der Waals surface area (Å²) in [6.07, 6.45) is 4.56. The van der Waals surface area contributed by atoms with E-state index in [4.69, 9.17) is 11.1 Å². The van der Waals surface area contributed by atoms with Crippen LogP contribution in [0, 0.1) is 5.41 Å².